The van der Waals surface area contributed by atoms with E-state index in [1.807, 2.05) is 33.8 Å². The van der Waals surface area contributed by atoms with Crippen molar-refractivity contribution >= 4 is 23.0 Å². The van der Waals surface area contributed by atoms with Gasteiger partial charge in [0.2, 0.25) is 5.91 Å². The van der Waals surface area contributed by atoms with E-state index in [-0.39, 0.29) is 30.8 Å². The average molecular weight is 282 g/mol. The number of hydrogen-bond acceptors (Lipinski definition) is 4. The number of hydrogen-bond donors (Lipinski definition) is 1. The van der Waals surface area contributed by atoms with Crippen molar-refractivity contribution in [1.29, 1.82) is 0 Å². The molecule has 0 aliphatic heterocycles. The highest BCUT2D eigenvalue weighted by molar-refractivity contribution is 7.12. The van der Waals surface area contributed by atoms with E-state index in [2.05, 4.69) is 5.32 Å². The Bertz CT molecular complexity index is 466. The van der Waals surface area contributed by atoms with Gasteiger partial charge >= 0.3 is 0 Å². The summed E-state index contributed by atoms with van der Waals surface area (Å²) in [6.07, 6.45) is 0. The van der Waals surface area contributed by atoms with Crippen molar-refractivity contribution in [3.05, 3.63) is 21.4 Å². The summed E-state index contributed by atoms with van der Waals surface area (Å²) >= 11 is 1.63. The molecule has 19 heavy (non-hydrogen) atoms. The summed E-state index contributed by atoms with van der Waals surface area (Å²) in [7, 11) is 1.78. The first-order valence-electron chi connectivity index (χ1n) is 6.37. The molecule has 0 atom stereocenters. The van der Waals surface area contributed by atoms with Crippen molar-refractivity contribution in [2.75, 3.05) is 20.1 Å². The molecule has 0 spiro atoms. The molecule has 0 aliphatic rings. The molecular formula is C14H22N2O2S. The van der Waals surface area contributed by atoms with Gasteiger partial charge in [-0.15, -0.1) is 11.3 Å². The molecule has 0 bridgehead atoms. The Morgan fingerprint density at radius 3 is 2.42 bits per heavy atom. The number of thiophene rings is 1. The molecule has 1 rings (SSSR count). The highest BCUT2D eigenvalue weighted by Gasteiger charge is 2.15. The Morgan fingerprint density at radius 2 is 1.95 bits per heavy atom. The van der Waals surface area contributed by atoms with Crippen LogP contribution in [-0.4, -0.2) is 42.8 Å². The van der Waals surface area contributed by atoms with E-state index in [0.29, 0.717) is 0 Å². The molecule has 0 unspecified atom stereocenters. The number of Topliss-reactive ketones (excluding diaryl/α,β-unsaturated/α-hetero) is 1. The van der Waals surface area contributed by atoms with Gasteiger partial charge in [-0.25, -0.2) is 0 Å². The van der Waals surface area contributed by atoms with Gasteiger partial charge in [0.25, 0.3) is 0 Å². The first-order chi connectivity index (χ1) is 8.79. The molecular weight excluding hydrogens is 260 g/mol. The van der Waals surface area contributed by atoms with Gasteiger partial charge in [0.1, 0.15) is 0 Å². The standard InChI is InChI=1S/C14H22N2O2S/c1-9(2)15-14(18)8-16(5)7-13(17)12-6-10(3)19-11(12)4/h6,9H,7-8H2,1-5H3,(H,15,18). The summed E-state index contributed by atoms with van der Waals surface area (Å²) < 4.78 is 0. The minimum absolute atomic E-state index is 0.0523. The van der Waals surface area contributed by atoms with Crippen molar-refractivity contribution in [1.82, 2.24) is 10.2 Å². The predicted octanol–water partition coefficient (Wildman–Crippen LogP) is 2.00. The third-order valence-electron chi connectivity index (χ3n) is 2.62. The van der Waals surface area contributed by atoms with Gasteiger partial charge in [-0.05, 0) is 40.8 Å². The lowest BCUT2D eigenvalue weighted by Gasteiger charge is -2.16. The van der Waals surface area contributed by atoms with Crippen molar-refractivity contribution in [3.8, 4) is 0 Å². The fourth-order valence-electron chi connectivity index (χ4n) is 1.91. The van der Waals surface area contributed by atoms with Gasteiger partial charge in [-0.3, -0.25) is 14.5 Å². The highest BCUT2D eigenvalue weighted by Crippen LogP contribution is 2.21. The molecule has 1 aromatic heterocycles. The largest absolute Gasteiger partial charge is 0.353 e. The zero-order valence-corrected chi connectivity index (χ0v) is 13.1. The summed E-state index contributed by atoms with van der Waals surface area (Å²) in [6, 6.07) is 2.04. The van der Waals surface area contributed by atoms with Crippen LogP contribution in [0.15, 0.2) is 6.07 Å². The van der Waals surface area contributed by atoms with Gasteiger partial charge < -0.3 is 5.32 Å². The highest BCUT2D eigenvalue weighted by atomic mass is 32.1. The lowest BCUT2D eigenvalue weighted by molar-refractivity contribution is -0.122. The first kappa shape index (κ1) is 15.9. The smallest absolute Gasteiger partial charge is 0.234 e. The molecule has 106 valence electrons. The molecule has 5 heteroatoms. The van der Waals surface area contributed by atoms with Gasteiger partial charge in [-0.1, -0.05) is 0 Å². The summed E-state index contributed by atoms with van der Waals surface area (Å²) in [4.78, 5) is 27.6. The van der Waals surface area contributed by atoms with Crippen LogP contribution < -0.4 is 5.32 Å². The molecule has 1 aromatic rings. The molecule has 0 saturated heterocycles. The Balaban J connectivity index is 2.53. The van der Waals surface area contributed by atoms with E-state index in [0.717, 1.165) is 15.3 Å². The van der Waals surface area contributed by atoms with Gasteiger partial charge in [0.15, 0.2) is 5.78 Å². The second-order valence-corrected chi connectivity index (χ2v) is 6.61. The van der Waals surface area contributed by atoms with E-state index >= 15 is 0 Å². The number of nitrogens with zero attached hydrogens (tertiary/aromatic N) is 1. The van der Waals surface area contributed by atoms with Gasteiger partial charge in [0, 0.05) is 21.4 Å². The predicted molar refractivity (Wildman–Crippen MR) is 78.9 cm³/mol. The summed E-state index contributed by atoms with van der Waals surface area (Å²) in [5.74, 6) is 0.0187. The summed E-state index contributed by atoms with van der Waals surface area (Å²) in [6.45, 7) is 8.29. The Morgan fingerprint density at radius 1 is 1.32 bits per heavy atom. The third kappa shape index (κ3) is 5.12. The second-order valence-electron chi connectivity index (χ2n) is 5.14. The maximum absolute atomic E-state index is 12.1. The topological polar surface area (TPSA) is 49.4 Å². The van der Waals surface area contributed by atoms with E-state index in [4.69, 9.17) is 0 Å². The lowest BCUT2D eigenvalue weighted by Crippen LogP contribution is -2.40. The third-order valence-corrected chi connectivity index (χ3v) is 3.58. The number of aryl methyl sites for hydroxylation is 2. The minimum atomic E-state index is -0.0523. The maximum atomic E-state index is 12.1. The van der Waals surface area contributed by atoms with Crippen molar-refractivity contribution in [2.24, 2.45) is 0 Å². The van der Waals surface area contributed by atoms with Gasteiger partial charge in [-0.2, -0.15) is 0 Å². The molecule has 0 radical (unpaired) electrons. The number of ketones is 1. The van der Waals surface area contributed by atoms with Crippen molar-refractivity contribution in [2.45, 2.75) is 33.7 Å². The SMILES string of the molecule is Cc1cc(C(=O)CN(C)CC(=O)NC(C)C)c(C)s1. The maximum Gasteiger partial charge on any atom is 0.234 e. The van der Waals surface area contributed by atoms with E-state index < -0.39 is 0 Å². The Labute approximate surface area is 118 Å². The fourth-order valence-corrected chi connectivity index (χ4v) is 2.85. The zero-order valence-electron chi connectivity index (χ0n) is 12.2. The number of carbonyl (C=O) groups is 2. The van der Waals surface area contributed by atoms with Crippen molar-refractivity contribution < 1.29 is 9.59 Å². The molecule has 1 N–H and O–H groups in total. The molecule has 0 saturated carbocycles. The van der Waals surface area contributed by atoms with Gasteiger partial charge in [0.05, 0.1) is 13.1 Å². The fraction of sp³-hybridized carbons (Fsp3) is 0.571. The number of amides is 1. The van der Waals surface area contributed by atoms with Crippen LogP contribution in [0, 0.1) is 13.8 Å². The minimum Gasteiger partial charge on any atom is -0.353 e. The molecule has 0 aromatic carbocycles. The second kappa shape index (κ2) is 6.82. The quantitative estimate of drug-likeness (QED) is 0.812. The van der Waals surface area contributed by atoms with Crippen LogP contribution in [0.1, 0.15) is 34.0 Å². The molecule has 1 amide bonds. The van der Waals surface area contributed by atoms with E-state index in [1.54, 1.807) is 23.3 Å². The van der Waals surface area contributed by atoms with Crippen molar-refractivity contribution in [3.63, 3.8) is 0 Å². The van der Waals surface area contributed by atoms with E-state index in [9.17, 15) is 9.59 Å². The molecule has 1 heterocycles. The first-order valence-corrected chi connectivity index (χ1v) is 7.19. The van der Waals surface area contributed by atoms with Crippen LogP contribution in [0.2, 0.25) is 0 Å². The van der Waals surface area contributed by atoms with Crippen LogP contribution in [0.25, 0.3) is 0 Å². The normalized spacial score (nSPS) is 11.1. The number of rotatable bonds is 6. The molecule has 0 aliphatic carbocycles. The number of carbonyl (C=O) groups excluding carboxylic acids is 2. The number of likely N-dealkylation sites (N-methyl/N-ethyl adjacent to an activating group) is 1. The summed E-state index contributed by atoms with van der Waals surface area (Å²) in [5, 5.41) is 2.81. The van der Waals surface area contributed by atoms with Crippen LogP contribution in [-0.2, 0) is 4.79 Å². The van der Waals surface area contributed by atoms with Crippen LogP contribution in [0.5, 0.6) is 0 Å². The van der Waals surface area contributed by atoms with E-state index in [1.165, 1.54) is 0 Å². The van der Waals surface area contributed by atoms with Crippen LogP contribution in [0.4, 0.5) is 0 Å². The van der Waals surface area contributed by atoms with Crippen LogP contribution in [0.3, 0.4) is 0 Å². The van der Waals surface area contributed by atoms with Crippen LogP contribution >= 0.6 is 11.3 Å². The Kier molecular flexibility index (Phi) is 5.69. The molecule has 4 nitrogen and oxygen atoms in total. The zero-order chi connectivity index (χ0) is 14.6. The molecule has 0 fully saturated rings. The monoisotopic (exact) mass is 282 g/mol. The lowest BCUT2D eigenvalue weighted by atomic mass is 10.1. The Hall–Kier alpha value is -1.20. The summed E-state index contributed by atoms with van der Waals surface area (Å²) in [5.41, 5.74) is 0.776. The number of nitrogens with one attached hydrogen (secondary N) is 1. The average Bonchev–Trinajstić information content (AvgIpc) is 2.55.